The topological polar surface area (TPSA) is 56.6 Å². The zero-order valence-electron chi connectivity index (χ0n) is 16.1. The van der Waals surface area contributed by atoms with E-state index >= 15 is 0 Å². The van der Waals surface area contributed by atoms with Gasteiger partial charge in [0.05, 0.1) is 11.6 Å². The van der Waals surface area contributed by atoms with Gasteiger partial charge in [0, 0.05) is 32.7 Å². The Morgan fingerprint density at radius 2 is 1.79 bits per heavy atom. The molecule has 1 unspecified atom stereocenters. The number of ether oxygens (including phenoxy) is 1. The van der Waals surface area contributed by atoms with Gasteiger partial charge in [0.25, 0.3) is 5.91 Å². The molecule has 2 aromatic rings. The van der Waals surface area contributed by atoms with Crippen molar-refractivity contribution in [1.29, 1.82) is 5.26 Å². The summed E-state index contributed by atoms with van der Waals surface area (Å²) in [7, 11) is 0. The highest BCUT2D eigenvalue weighted by molar-refractivity contribution is 5.81. The van der Waals surface area contributed by atoms with Gasteiger partial charge in [-0.15, -0.1) is 0 Å². The molecule has 1 aliphatic heterocycles. The van der Waals surface area contributed by atoms with Crippen LogP contribution in [0.25, 0.3) is 6.08 Å². The molecular weight excluding hydrogens is 350 g/mol. The summed E-state index contributed by atoms with van der Waals surface area (Å²) in [6, 6.07) is 19.1. The highest BCUT2D eigenvalue weighted by Crippen LogP contribution is 2.15. The molecular formula is C23H25N3O2. The Bertz CT molecular complexity index is 832. The van der Waals surface area contributed by atoms with E-state index in [1.807, 2.05) is 23.1 Å². The third-order valence-electron chi connectivity index (χ3n) is 4.80. The molecule has 1 aliphatic rings. The van der Waals surface area contributed by atoms with Crippen LogP contribution in [-0.4, -0.2) is 54.5 Å². The molecule has 1 amide bonds. The molecule has 5 nitrogen and oxygen atoms in total. The van der Waals surface area contributed by atoms with Gasteiger partial charge in [-0.05, 0) is 36.8 Å². The quantitative estimate of drug-likeness (QED) is 0.778. The van der Waals surface area contributed by atoms with Crippen molar-refractivity contribution in [3.63, 3.8) is 0 Å². The van der Waals surface area contributed by atoms with Crippen molar-refractivity contribution in [1.82, 2.24) is 9.80 Å². The molecule has 0 saturated carbocycles. The van der Waals surface area contributed by atoms with Gasteiger partial charge in [-0.1, -0.05) is 42.5 Å². The first-order valence-corrected chi connectivity index (χ1v) is 9.55. The average Bonchev–Trinajstić information content (AvgIpc) is 2.75. The lowest BCUT2D eigenvalue weighted by molar-refractivity contribution is -0.139. The fraction of sp³-hybridized carbons (Fsp3) is 0.304. The van der Waals surface area contributed by atoms with Crippen molar-refractivity contribution >= 4 is 12.0 Å². The Morgan fingerprint density at radius 3 is 2.43 bits per heavy atom. The van der Waals surface area contributed by atoms with Crippen LogP contribution in [0.5, 0.6) is 5.75 Å². The molecule has 0 N–H and O–H groups in total. The van der Waals surface area contributed by atoms with Crippen LogP contribution in [-0.2, 0) is 4.79 Å². The molecule has 3 rings (SSSR count). The van der Waals surface area contributed by atoms with Crippen molar-refractivity contribution in [2.75, 3.05) is 32.7 Å². The van der Waals surface area contributed by atoms with Crippen LogP contribution in [0.4, 0.5) is 0 Å². The van der Waals surface area contributed by atoms with Gasteiger partial charge in [0.2, 0.25) is 0 Å². The number of rotatable bonds is 6. The first kappa shape index (κ1) is 19.7. The summed E-state index contributed by atoms with van der Waals surface area (Å²) >= 11 is 0. The monoisotopic (exact) mass is 375 g/mol. The lowest BCUT2D eigenvalue weighted by Gasteiger charge is -2.35. The second-order valence-electron chi connectivity index (χ2n) is 6.84. The van der Waals surface area contributed by atoms with Crippen molar-refractivity contribution < 1.29 is 9.53 Å². The largest absolute Gasteiger partial charge is 0.481 e. The highest BCUT2D eigenvalue weighted by Gasteiger charge is 2.25. The number of carbonyl (C=O) groups excluding carboxylic acids is 1. The molecule has 0 radical (unpaired) electrons. The van der Waals surface area contributed by atoms with Crippen LogP contribution < -0.4 is 4.74 Å². The van der Waals surface area contributed by atoms with E-state index in [9.17, 15) is 4.79 Å². The molecule has 2 aromatic carbocycles. The zero-order valence-corrected chi connectivity index (χ0v) is 16.1. The molecule has 5 heteroatoms. The molecule has 1 atom stereocenters. The smallest absolute Gasteiger partial charge is 0.263 e. The lowest BCUT2D eigenvalue weighted by atomic mass is 10.2. The van der Waals surface area contributed by atoms with Crippen molar-refractivity contribution in [3.05, 3.63) is 71.8 Å². The fourth-order valence-corrected chi connectivity index (χ4v) is 3.17. The maximum Gasteiger partial charge on any atom is 0.263 e. The van der Waals surface area contributed by atoms with E-state index in [4.69, 9.17) is 10.00 Å². The van der Waals surface area contributed by atoms with Gasteiger partial charge in [-0.3, -0.25) is 9.69 Å². The van der Waals surface area contributed by atoms with Crippen LogP contribution >= 0.6 is 0 Å². The summed E-state index contributed by atoms with van der Waals surface area (Å²) < 4.78 is 5.74. The summed E-state index contributed by atoms with van der Waals surface area (Å²) in [5, 5.41) is 8.84. The summed E-state index contributed by atoms with van der Waals surface area (Å²) in [5.41, 5.74) is 1.77. The van der Waals surface area contributed by atoms with E-state index in [1.54, 1.807) is 31.2 Å². The maximum absolute atomic E-state index is 12.6. The van der Waals surface area contributed by atoms with E-state index in [-0.39, 0.29) is 5.91 Å². The van der Waals surface area contributed by atoms with Crippen molar-refractivity contribution in [2.45, 2.75) is 13.0 Å². The average molecular weight is 375 g/mol. The van der Waals surface area contributed by atoms with Crippen LogP contribution in [0.1, 0.15) is 18.1 Å². The molecule has 1 heterocycles. The van der Waals surface area contributed by atoms with Gasteiger partial charge in [0.1, 0.15) is 5.75 Å². The molecule has 28 heavy (non-hydrogen) atoms. The van der Waals surface area contributed by atoms with Crippen LogP contribution in [0, 0.1) is 11.3 Å². The minimum atomic E-state index is -0.544. The third kappa shape index (κ3) is 5.45. The molecule has 0 spiro atoms. The van der Waals surface area contributed by atoms with Gasteiger partial charge in [-0.25, -0.2) is 0 Å². The Hall–Kier alpha value is -3.10. The number of nitriles is 1. The summed E-state index contributed by atoms with van der Waals surface area (Å²) in [6.07, 6.45) is 3.76. The maximum atomic E-state index is 12.6. The first-order valence-electron chi connectivity index (χ1n) is 9.55. The molecule has 1 fully saturated rings. The Morgan fingerprint density at radius 1 is 1.11 bits per heavy atom. The summed E-state index contributed by atoms with van der Waals surface area (Å²) in [6.45, 7) is 5.78. The minimum absolute atomic E-state index is 0.00355. The van der Waals surface area contributed by atoms with Crippen molar-refractivity contribution in [3.8, 4) is 11.8 Å². The summed E-state index contributed by atoms with van der Waals surface area (Å²) in [4.78, 5) is 16.9. The van der Waals surface area contributed by atoms with Crippen LogP contribution in [0.3, 0.4) is 0 Å². The molecule has 0 bridgehead atoms. The molecule has 1 saturated heterocycles. The SMILES string of the molecule is CC(Oc1ccc(C#N)cc1)C(=O)N1CCN(CC=Cc2ccccc2)CC1. The van der Waals surface area contributed by atoms with E-state index in [1.165, 1.54) is 5.56 Å². The normalized spacial score (nSPS) is 15.9. The number of benzene rings is 2. The van der Waals surface area contributed by atoms with E-state index in [2.05, 4.69) is 35.3 Å². The number of hydrogen-bond acceptors (Lipinski definition) is 4. The third-order valence-corrected chi connectivity index (χ3v) is 4.80. The Balaban J connectivity index is 1.43. The van der Waals surface area contributed by atoms with E-state index < -0.39 is 6.10 Å². The molecule has 0 aliphatic carbocycles. The predicted molar refractivity (Wildman–Crippen MR) is 110 cm³/mol. The fourth-order valence-electron chi connectivity index (χ4n) is 3.17. The lowest BCUT2D eigenvalue weighted by Crippen LogP contribution is -2.51. The number of carbonyl (C=O) groups is 1. The number of piperazine rings is 1. The minimum Gasteiger partial charge on any atom is -0.481 e. The number of nitrogens with zero attached hydrogens (tertiary/aromatic N) is 3. The van der Waals surface area contributed by atoms with Crippen LogP contribution in [0.15, 0.2) is 60.7 Å². The Labute approximate surface area is 166 Å². The van der Waals surface area contributed by atoms with Gasteiger partial charge in [-0.2, -0.15) is 5.26 Å². The zero-order chi connectivity index (χ0) is 19.8. The first-order chi connectivity index (χ1) is 13.7. The standard InChI is InChI=1S/C23H25N3O2/c1-19(28-22-11-9-21(18-24)10-12-22)23(27)26-16-14-25(15-17-26)13-5-8-20-6-3-2-4-7-20/h2-12,19H,13-17H2,1H3. The van der Waals surface area contributed by atoms with Gasteiger partial charge >= 0.3 is 0 Å². The Kier molecular flexibility index (Phi) is 6.83. The van der Waals surface area contributed by atoms with Crippen LogP contribution in [0.2, 0.25) is 0 Å². The number of amides is 1. The van der Waals surface area contributed by atoms with Crippen molar-refractivity contribution in [2.24, 2.45) is 0 Å². The summed E-state index contributed by atoms with van der Waals surface area (Å²) in [5.74, 6) is 0.605. The molecule has 144 valence electrons. The van der Waals surface area contributed by atoms with E-state index in [0.29, 0.717) is 24.4 Å². The van der Waals surface area contributed by atoms with E-state index in [0.717, 1.165) is 19.6 Å². The second kappa shape index (κ2) is 9.72. The van der Waals surface area contributed by atoms with Gasteiger partial charge in [0.15, 0.2) is 6.10 Å². The number of hydrogen-bond donors (Lipinski definition) is 0. The molecule has 0 aromatic heterocycles. The second-order valence-corrected chi connectivity index (χ2v) is 6.84. The predicted octanol–water partition coefficient (Wildman–Crippen LogP) is 3.18. The highest BCUT2D eigenvalue weighted by atomic mass is 16.5. The van der Waals surface area contributed by atoms with Gasteiger partial charge < -0.3 is 9.64 Å².